The summed E-state index contributed by atoms with van der Waals surface area (Å²) in [7, 11) is 0. The summed E-state index contributed by atoms with van der Waals surface area (Å²) in [6, 6.07) is 2.68. The third kappa shape index (κ3) is 11.6. The first-order chi connectivity index (χ1) is 18.3. The minimum atomic E-state index is -1.65. The van der Waals surface area contributed by atoms with Gasteiger partial charge in [-0.3, -0.25) is 19.2 Å². The van der Waals surface area contributed by atoms with Crippen molar-refractivity contribution in [3.05, 3.63) is 35.9 Å². The molecule has 0 bridgehead atoms. The first kappa shape index (κ1) is 33.8. The van der Waals surface area contributed by atoms with Crippen LogP contribution in [0.15, 0.2) is 30.3 Å². The van der Waals surface area contributed by atoms with Crippen molar-refractivity contribution in [1.82, 2.24) is 21.3 Å². The molecule has 0 aromatic heterocycles. The number of amides is 4. The van der Waals surface area contributed by atoms with Crippen molar-refractivity contribution in [2.45, 2.75) is 69.9 Å². The van der Waals surface area contributed by atoms with Gasteiger partial charge in [-0.05, 0) is 31.2 Å². The van der Waals surface area contributed by atoms with Gasteiger partial charge >= 0.3 is 5.97 Å². The molecule has 4 amide bonds. The molecule has 0 spiro atoms. The highest BCUT2D eigenvalue weighted by Gasteiger charge is 2.33. The van der Waals surface area contributed by atoms with Crippen LogP contribution >= 0.6 is 12.6 Å². The third-order valence-electron chi connectivity index (χ3n) is 5.65. The number of aliphatic carboxylic acids is 1. The number of benzene rings is 1. The van der Waals surface area contributed by atoms with Crippen LogP contribution in [0.25, 0.3) is 0 Å². The molecule has 1 aromatic carbocycles. The molecule has 1 aromatic rings. The van der Waals surface area contributed by atoms with Gasteiger partial charge < -0.3 is 42.3 Å². The molecule has 0 fully saturated rings. The number of hydrogen-bond donors (Lipinski definition) is 9. The van der Waals surface area contributed by atoms with Crippen molar-refractivity contribution >= 4 is 42.2 Å². The SMILES string of the molecule is CC(C)C[C@H](NC(=O)[C@@H](N)Cc1ccccc1)C(=O)N[C@@H](CS)C(=O)N[C@H](C(=O)N[C@@H](CO)C(=O)O)[C@@H](C)O. The van der Waals surface area contributed by atoms with Crippen LogP contribution in [0, 0.1) is 5.92 Å². The van der Waals surface area contributed by atoms with Crippen LogP contribution < -0.4 is 27.0 Å². The number of aliphatic hydroxyl groups excluding tert-OH is 2. The molecule has 0 heterocycles. The molecule has 0 radical (unpaired) electrons. The number of rotatable bonds is 16. The number of carboxylic acid groups (broad SMARTS) is 1. The predicted octanol–water partition coefficient (Wildman–Crippen LogP) is -2.07. The zero-order valence-corrected chi connectivity index (χ0v) is 23.1. The van der Waals surface area contributed by atoms with Crippen LogP contribution in [0.1, 0.15) is 32.8 Å². The minimum absolute atomic E-state index is 0.00769. The van der Waals surface area contributed by atoms with Crippen molar-refractivity contribution in [3.63, 3.8) is 0 Å². The summed E-state index contributed by atoms with van der Waals surface area (Å²) in [4.78, 5) is 62.2. The van der Waals surface area contributed by atoms with Crippen molar-refractivity contribution in [3.8, 4) is 0 Å². The second kappa shape index (κ2) is 16.7. The highest BCUT2D eigenvalue weighted by Crippen LogP contribution is 2.08. The van der Waals surface area contributed by atoms with Crippen LogP contribution in [-0.2, 0) is 30.4 Å². The summed E-state index contributed by atoms with van der Waals surface area (Å²) in [6.45, 7) is 3.98. The number of hydrogen-bond acceptors (Lipinski definition) is 9. The first-order valence-electron chi connectivity index (χ1n) is 12.4. The average molecular weight is 570 g/mol. The summed E-state index contributed by atoms with van der Waals surface area (Å²) in [5, 5.41) is 37.5. The molecule has 14 heteroatoms. The van der Waals surface area contributed by atoms with Gasteiger partial charge in [0.2, 0.25) is 23.6 Å². The number of aliphatic hydroxyl groups is 2. The van der Waals surface area contributed by atoms with E-state index in [9.17, 15) is 29.1 Å². The maximum atomic E-state index is 13.1. The normalized spacial score (nSPS) is 15.7. The molecule has 0 saturated heterocycles. The predicted molar refractivity (Wildman–Crippen MR) is 146 cm³/mol. The van der Waals surface area contributed by atoms with Crippen LogP contribution in [-0.4, -0.2) is 93.6 Å². The van der Waals surface area contributed by atoms with Crippen molar-refractivity contribution in [2.24, 2.45) is 11.7 Å². The topological polar surface area (TPSA) is 220 Å². The van der Waals surface area contributed by atoms with E-state index in [0.29, 0.717) is 0 Å². The summed E-state index contributed by atoms with van der Waals surface area (Å²) < 4.78 is 0. The van der Waals surface area contributed by atoms with Gasteiger partial charge in [-0.1, -0.05) is 44.2 Å². The number of nitrogens with one attached hydrogen (secondary N) is 4. The Morgan fingerprint density at radius 1 is 0.846 bits per heavy atom. The summed E-state index contributed by atoms with van der Waals surface area (Å²) >= 11 is 4.09. The second-order valence-electron chi connectivity index (χ2n) is 9.54. The Morgan fingerprint density at radius 3 is 1.87 bits per heavy atom. The van der Waals surface area contributed by atoms with E-state index in [1.807, 2.05) is 49.5 Å². The highest BCUT2D eigenvalue weighted by molar-refractivity contribution is 7.80. The number of carbonyl (C=O) groups excluding carboxylic acids is 4. The maximum Gasteiger partial charge on any atom is 0.328 e. The Hall–Kier alpha value is -3.20. The zero-order valence-electron chi connectivity index (χ0n) is 22.2. The van der Waals surface area contributed by atoms with Crippen LogP contribution in [0.2, 0.25) is 0 Å². The van der Waals surface area contributed by atoms with Gasteiger partial charge in [-0.2, -0.15) is 12.6 Å². The summed E-state index contributed by atoms with van der Waals surface area (Å²) in [5.74, 6) is -4.88. The lowest BCUT2D eigenvalue weighted by molar-refractivity contribution is -0.144. The van der Waals surface area contributed by atoms with Crippen molar-refractivity contribution in [2.75, 3.05) is 12.4 Å². The Morgan fingerprint density at radius 2 is 1.38 bits per heavy atom. The molecule has 0 unspecified atom stereocenters. The van der Waals surface area contributed by atoms with E-state index in [0.717, 1.165) is 5.56 Å². The molecule has 0 saturated carbocycles. The van der Waals surface area contributed by atoms with E-state index in [4.69, 9.17) is 15.9 Å². The minimum Gasteiger partial charge on any atom is -0.480 e. The fourth-order valence-electron chi connectivity index (χ4n) is 3.51. The van der Waals surface area contributed by atoms with E-state index >= 15 is 0 Å². The standard InChI is InChI=1S/C25H39N5O8S/c1-13(2)9-17(27-21(33)16(26)10-15-7-5-4-6-8-15)22(34)29-19(12-39)23(35)30-20(14(3)32)24(36)28-18(11-31)25(37)38/h4-8,13-14,16-20,31-32,39H,9-12,26H2,1-3H3,(H,27,33)(H,28,36)(H,29,34)(H,30,35)(H,37,38)/t14-,16+,17+,18+,19+,20+/m1/s1. The zero-order chi connectivity index (χ0) is 29.7. The maximum absolute atomic E-state index is 13.1. The Balaban J connectivity index is 2.91. The molecule has 0 aliphatic rings. The Labute approximate surface area is 232 Å². The monoisotopic (exact) mass is 569 g/mol. The number of thiol groups is 1. The van der Waals surface area contributed by atoms with E-state index in [-0.39, 0.29) is 24.5 Å². The first-order valence-corrected chi connectivity index (χ1v) is 13.1. The number of carboxylic acids is 1. The lowest BCUT2D eigenvalue weighted by Gasteiger charge is -2.27. The Bertz CT molecular complexity index is 978. The quantitative estimate of drug-likeness (QED) is 0.0997. The molecular formula is C25H39N5O8S. The van der Waals surface area contributed by atoms with Crippen molar-refractivity contribution < 1.29 is 39.3 Å². The lowest BCUT2D eigenvalue weighted by Crippen LogP contribution is -2.61. The van der Waals surface area contributed by atoms with Crippen molar-refractivity contribution in [1.29, 1.82) is 0 Å². The largest absolute Gasteiger partial charge is 0.480 e. The molecule has 218 valence electrons. The fourth-order valence-corrected chi connectivity index (χ4v) is 3.77. The summed E-state index contributed by atoms with van der Waals surface area (Å²) in [6.07, 6.45) is -0.948. The van der Waals surface area contributed by atoms with Gasteiger partial charge in [0.05, 0.1) is 18.8 Å². The lowest BCUT2D eigenvalue weighted by atomic mass is 10.0. The molecule has 0 aliphatic heterocycles. The van der Waals surface area contributed by atoms with Gasteiger partial charge in [-0.25, -0.2) is 4.79 Å². The highest BCUT2D eigenvalue weighted by atomic mass is 32.1. The fraction of sp³-hybridized carbons (Fsp3) is 0.560. The van der Waals surface area contributed by atoms with Gasteiger partial charge in [0.25, 0.3) is 0 Å². The van der Waals surface area contributed by atoms with E-state index in [1.54, 1.807) is 0 Å². The van der Waals surface area contributed by atoms with Gasteiger partial charge in [0.15, 0.2) is 0 Å². The van der Waals surface area contributed by atoms with Gasteiger partial charge in [-0.15, -0.1) is 0 Å². The third-order valence-corrected chi connectivity index (χ3v) is 6.02. The Kier molecular flexibility index (Phi) is 14.5. The molecular weight excluding hydrogens is 530 g/mol. The van der Waals surface area contributed by atoms with Crippen LogP contribution in [0.5, 0.6) is 0 Å². The number of nitrogens with two attached hydrogens (primary N) is 1. The number of carbonyl (C=O) groups is 5. The van der Waals surface area contributed by atoms with E-state index in [2.05, 4.69) is 28.6 Å². The second-order valence-corrected chi connectivity index (χ2v) is 9.90. The molecule has 39 heavy (non-hydrogen) atoms. The average Bonchev–Trinajstić information content (AvgIpc) is 2.87. The molecule has 1 rings (SSSR count). The summed E-state index contributed by atoms with van der Waals surface area (Å²) in [5.41, 5.74) is 6.89. The van der Waals surface area contributed by atoms with Crippen LogP contribution in [0.4, 0.5) is 0 Å². The van der Waals surface area contributed by atoms with Gasteiger partial charge in [0, 0.05) is 5.75 Å². The van der Waals surface area contributed by atoms with Gasteiger partial charge in [0.1, 0.15) is 24.2 Å². The van der Waals surface area contributed by atoms with Crippen LogP contribution in [0.3, 0.4) is 0 Å². The smallest absolute Gasteiger partial charge is 0.328 e. The molecule has 9 N–H and O–H groups in total. The molecule has 0 aliphatic carbocycles. The van der Waals surface area contributed by atoms with E-state index < -0.39 is 72.5 Å². The molecule has 6 atom stereocenters. The molecule has 13 nitrogen and oxygen atoms in total. The van der Waals surface area contributed by atoms with E-state index in [1.165, 1.54) is 6.92 Å².